The quantitative estimate of drug-likeness (QED) is 0.583. The van der Waals surface area contributed by atoms with E-state index in [-0.39, 0.29) is 12.2 Å². The summed E-state index contributed by atoms with van der Waals surface area (Å²) in [5.74, 6) is -0.239. The van der Waals surface area contributed by atoms with Crippen molar-refractivity contribution in [1.82, 2.24) is 4.90 Å². The molecule has 0 radical (unpaired) electrons. The lowest BCUT2D eigenvalue weighted by molar-refractivity contribution is -0.385. The Hall–Kier alpha value is -2.15. The Labute approximate surface area is 123 Å². The fourth-order valence-electron chi connectivity index (χ4n) is 2.11. The lowest BCUT2D eigenvalue weighted by atomic mass is 10.1. The average molecular weight is 296 g/mol. The number of rotatable bonds is 8. The van der Waals surface area contributed by atoms with E-state index in [2.05, 4.69) is 0 Å². The molecular formula is C14H20N2O5. The number of methoxy groups -OCH3 is 1. The number of hydrogen-bond donors (Lipinski definition) is 1. The van der Waals surface area contributed by atoms with Crippen molar-refractivity contribution in [3.05, 3.63) is 33.9 Å². The number of ether oxygens (including phenoxy) is 1. The topological polar surface area (TPSA) is 92.9 Å². The molecule has 21 heavy (non-hydrogen) atoms. The Morgan fingerprint density at radius 1 is 1.43 bits per heavy atom. The highest BCUT2D eigenvalue weighted by Crippen LogP contribution is 2.23. The van der Waals surface area contributed by atoms with Crippen LogP contribution < -0.4 is 4.74 Å². The van der Waals surface area contributed by atoms with Crippen LogP contribution in [-0.2, 0) is 11.3 Å². The summed E-state index contributed by atoms with van der Waals surface area (Å²) < 4.78 is 5.05. The maximum atomic E-state index is 10.9. The standard InChI is InChI=1S/C14H20N2O5/c1-10(2)7-15(9-14(17)18)8-11-4-12(16(19)20)6-13(5-11)21-3/h4-6,10H,7-9H2,1-3H3,(H,17,18). The molecule has 0 aliphatic carbocycles. The summed E-state index contributed by atoms with van der Waals surface area (Å²) in [6.45, 7) is 4.79. The lowest BCUT2D eigenvalue weighted by Gasteiger charge is -2.22. The molecule has 1 aromatic rings. The van der Waals surface area contributed by atoms with Gasteiger partial charge >= 0.3 is 5.97 Å². The van der Waals surface area contributed by atoms with Crippen molar-refractivity contribution in [1.29, 1.82) is 0 Å². The van der Waals surface area contributed by atoms with Crippen molar-refractivity contribution >= 4 is 11.7 Å². The van der Waals surface area contributed by atoms with Crippen LogP contribution in [0.15, 0.2) is 18.2 Å². The molecule has 0 saturated carbocycles. The number of aliphatic carboxylic acids is 1. The second-order valence-electron chi connectivity index (χ2n) is 5.25. The van der Waals surface area contributed by atoms with Crippen LogP contribution in [0.1, 0.15) is 19.4 Å². The zero-order chi connectivity index (χ0) is 16.0. The van der Waals surface area contributed by atoms with Gasteiger partial charge in [-0.25, -0.2) is 0 Å². The Morgan fingerprint density at radius 2 is 2.10 bits per heavy atom. The van der Waals surface area contributed by atoms with Crippen LogP contribution >= 0.6 is 0 Å². The van der Waals surface area contributed by atoms with Crippen LogP contribution in [0.4, 0.5) is 5.69 Å². The van der Waals surface area contributed by atoms with Crippen molar-refractivity contribution in [2.45, 2.75) is 20.4 Å². The largest absolute Gasteiger partial charge is 0.496 e. The molecule has 0 bridgehead atoms. The first-order valence-electron chi connectivity index (χ1n) is 6.58. The van der Waals surface area contributed by atoms with E-state index in [0.717, 1.165) is 0 Å². The van der Waals surface area contributed by atoms with Crippen LogP contribution in [-0.4, -0.2) is 41.1 Å². The van der Waals surface area contributed by atoms with Gasteiger partial charge in [-0.3, -0.25) is 19.8 Å². The van der Waals surface area contributed by atoms with Crippen LogP contribution in [0.2, 0.25) is 0 Å². The molecule has 116 valence electrons. The molecule has 0 aromatic heterocycles. The Morgan fingerprint density at radius 3 is 2.57 bits per heavy atom. The third-order valence-corrected chi connectivity index (χ3v) is 2.79. The van der Waals surface area contributed by atoms with Crippen molar-refractivity contribution in [2.24, 2.45) is 5.92 Å². The zero-order valence-corrected chi connectivity index (χ0v) is 12.4. The van der Waals surface area contributed by atoms with E-state index in [1.165, 1.54) is 19.2 Å². The van der Waals surface area contributed by atoms with Crippen LogP contribution in [0.3, 0.4) is 0 Å². The number of hydrogen-bond acceptors (Lipinski definition) is 5. The summed E-state index contributed by atoms with van der Waals surface area (Å²) >= 11 is 0. The summed E-state index contributed by atoms with van der Waals surface area (Å²) in [5, 5.41) is 19.8. The molecule has 0 heterocycles. The van der Waals surface area contributed by atoms with Crippen LogP contribution in [0, 0.1) is 16.0 Å². The average Bonchev–Trinajstić information content (AvgIpc) is 2.36. The number of nitrogens with zero attached hydrogens (tertiary/aromatic N) is 2. The third-order valence-electron chi connectivity index (χ3n) is 2.79. The van der Waals surface area contributed by atoms with E-state index >= 15 is 0 Å². The number of nitro groups is 1. The van der Waals surface area contributed by atoms with E-state index < -0.39 is 10.9 Å². The summed E-state index contributed by atoms with van der Waals surface area (Å²) in [5.41, 5.74) is 0.590. The zero-order valence-electron chi connectivity index (χ0n) is 12.4. The van der Waals surface area contributed by atoms with Crippen molar-refractivity contribution in [3.63, 3.8) is 0 Å². The molecule has 0 aliphatic heterocycles. The number of nitro benzene ring substituents is 1. The number of carbonyl (C=O) groups is 1. The lowest BCUT2D eigenvalue weighted by Crippen LogP contribution is -2.32. The monoisotopic (exact) mass is 296 g/mol. The van der Waals surface area contributed by atoms with Gasteiger partial charge in [-0.1, -0.05) is 13.8 Å². The predicted octanol–water partition coefficient (Wildman–Crippen LogP) is 2.15. The van der Waals surface area contributed by atoms with E-state index in [9.17, 15) is 14.9 Å². The van der Waals surface area contributed by atoms with E-state index in [4.69, 9.17) is 9.84 Å². The van der Waals surface area contributed by atoms with Gasteiger partial charge in [0, 0.05) is 19.2 Å². The van der Waals surface area contributed by atoms with Gasteiger partial charge < -0.3 is 9.84 Å². The molecular weight excluding hydrogens is 276 g/mol. The SMILES string of the molecule is COc1cc(CN(CC(=O)O)CC(C)C)cc([N+](=O)[O-])c1. The van der Waals surface area contributed by atoms with Gasteiger partial charge in [0.25, 0.3) is 5.69 Å². The molecule has 0 saturated heterocycles. The van der Waals surface area contributed by atoms with Gasteiger partial charge in [-0.2, -0.15) is 0 Å². The molecule has 1 rings (SSSR count). The summed E-state index contributed by atoms with van der Waals surface area (Å²) in [6, 6.07) is 4.47. The molecule has 7 nitrogen and oxygen atoms in total. The highest BCUT2D eigenvalue weighted by molar-refractivity contribution is 5.69. The third kappa shape index (κ3) is 5.78. The first-order valence-corrected chi connectivity index (χ1v) is 6.58. The summed E-state index contributed by atoms with van der Waals surface area (Å²) in [7, 11) is 1.44. The molecule has 0 spiro atoms. The van der Waals surface area contributed by atoms with Crippen molar-refractivity contribution < 1.29 is 19.6 Å². The van der Waals surface area contributed by atoms with E-state index in [1.54, 1.807) is 11.0 Å². The molecule has 1 N–H and O–H groups in total. The van der Waals surface area contributed by atoms with Gasteiger partial charge in [0.2, 0.25) is 0 Å². The van der Waals surface area contributed by atoms with Crippen molar-refractivity contribution in [2.75, 3.05) is 20.2 Å². The fourth-order valence-corrected chi connectivity index (χ4v) is 2.11. The number of carboxylic acid groups (broad SMARTS) is 1. The molecule has 0 fully saturated rings. The Kier molecular flexibility index (Phi) is 6.10. The van der Waals surface area contributed by atoms with Crippen molar-refractivity contribution in [3.8, 4) is 5.75 Å². The van der Waals surface area contributed by atoms with E-state index in [0.29, 0.717) is 30.3 Å². The minimum atomic E-state index is -0.923. The second kappa shape index (κ2) is 7.58. The molecule has 7 heteroatoms. The van der Waals surface area contributed by atoms with Crippen LogP contribution in [0.25, 0.3) is 0 Å². The highest BCUT2D eigenvalue weighted by atomic mass is 16.6. The first kappa shape index (κ1) is 16.9. The number of benzene rings is 1. The maximum Gasteiger partial charge on any atom is 0.317 e. The predicted molar refractivity (Wildman–Crippen MR) is 77.4 cm³/mol. The van der Waals surface area contributed by atoms with Gasteiger partial charge in [0.05, 0.1) is 24.6 Å². The Balaban J connectivity index is 2.98. The fraction of sp³-hybridized carbons (Fsp3) is 0.500. The molecule has 0 unspecified atom stereocenters. The second-order valence-corrected chi connectivity index (χ2v) is 5.25. The molecule has 0 amide bonds. The number of carboxylic acids is 1. The Bertz CT molecular complexity index is 516. The van der Waals surface area contributed by atoms with Crippen LogP contribution in [0.5, 0.6) is 5.75 Å². The minimum absolute atomic E-state index is 0.0656. The van der Waals surface area contributed by atoms with Gasteiger partial charge in [0.1, 0.15) is 5.75 Å². The number of non-ortho nitro benzene ring substituents is 1. The molecule has 1 aromatic carbocycles. The maximum absolute atomic E-state index is 10.9. The molecule has 0 aliphatic rings. The minimum Gasteiger partial charge on any atom is -0.496 e. The van der Waals surface area contributed by atoms with E-state index in [1.807, 2.05) is 13.8 Å². The van der Waals surface area contributed by atoms with Gasteiger partial charge in [-0.15, -0.1) is 0 Å². The first-order chi connectivity index (χ1) is 9.81. The highest BCUT2D eigenvalue weighted by Gasteiger charge is 2.15. The van der Waals surface area contributed by atoms with Gasteiger partial charge in [-0.05, 0) is 17.5 Å². The smallest absolute Gasteiger partial charge is 0.317 e. The normalized spacial score (nSPS) is 10.9. The molecule has 0 atom stereocenters. The summed E-state index contributed by atoms with van der Waals surface area (Å²) in [6.07, 6.45) is 0. The summed E-state index contributed by atoms with van der Waals surface area (Å²) in [4.78, 5) is 23.1. The van der Waals surface area contributed by atoms with Gasteiger partial charge in [0.15, 0.2) is 0 Å².